The lowest BCUT2D eigenvalue weighted by Gasteiger charge is -1.89. The molecule has 0 aromatic heterocycles. The Morgan fingerprint density at radius 3 is 3.00 bits per heavy atom. The third-order valence-corrected chi connectivity index (χ3v) is 0.721. The van der Waals surface area contributed by atoms with E-state index in [9.17, 15) is 4.79 Å². The van der Waals surface area contributed by atoms with Crippen LogP contribution in [-0.4, -0.2) is 23.6 Å². The summed E-state index contributed by atoms with van der Waals surface area (Å²) in [7, 11) is 0. The number of esters is 1. The van der Waals surface area contributed by atoms with E-state index in [0.29, 0.717) is 6.21 Å². The molecule has 0 amide bonds. The van der Waals surface area contributed by atoms with Crippen LogP contribution in [0.5, 0.6) is 0 Å². The molecule has 0 spiro atoms. The van der Waals surface area contributed by atoms with Crippen LogP contribution >= 0.6 is 0 Å². The van der Waals surface area contributed by atoms with Gasteiger partial charge in [-0.3, -0.25) is 0 Å². The molecule has 54 valence electrons. The van der Waals surface area contributed by atoms with Crippen molar-refractivity contribution in [1.29, 1.82) is 0 Å². The third-order valence-electron chi connectivity index (χ3n) is 0.721. The highest BCUT2D eigenvalue weighted by atomic mass is 16.5. The molecule has 0 fully saturated rings. The van der Waals surface area contributed by atoms with Gasteiger partial charge in [0.05, 0.1) is 0 Å². The molecule has 0 saturated heterocycles. The van der Waals surface area contributed by atoms with E-state index in [4.69, 9.17) is 5.53 Å². The summed E-state index contributed by atoms with van der Waals surface area (Å²) in [4.78, 5) is 12.8. The molecule has 0 saturated carbocycles. The van der Waals surface area contributed by atoms with E-state index >= 15 is 0 Å². The zero-order valence-corrected chi connectivity index (χ0v) is 5.65. The molecule has 0 radical (unpaired) electrons. The lowest BCUT2D eigenvalue weighted by atomic mass is 10.5. The molecule has 0 aromatic carbocycles. The van der Waals surface area contributed by atoms with E-state index in [0.717, 1.165) is 0 Å². The van der Waals surface area contributed by atoms with Gasteiger partial charge in [0.1, 0.15) is 6.61 Å². The monoisotopic (exact) mass is 140 g/mol. The van der Waals surface area contributed by atoms with Gasteiger partial charge in [-0.05, 0) is 6.92 Å². The summed E-state index contributed by atoms with van der Waals surface area (Å²) in [6, 6.07) is 0. The van der Waals surface area contributed by atoms with Crippen LogP contribution < -0.4 is 0 Å². The van der Waals surface area contributed by atoms with Crippen molar-refractivity contribution >= 4 is 12.2 Å². The van der Waals surface area contributed by atoms with Crippen LogP contribution in [0.15, 0.2) is 12.2 Å². The standard InChI is InChI=1S/C6H8N2O2/c1-2-3-4-10-6(9)5-8-7/h2-3,5H,4H2,1H3/b3-2-. The van der Waals surface area contributed by atoms with Gasteiger partial charge in [0.15, 0.2) is 0 Å². The van der Waals surface area contributed by atoms with Gasteiger partial charge in [0.25, 0.3) is 0 Å². The van der Waals surface area contributed by atoms with Crippen molar-refractivity contribution < 1.29 is 14.3 Å². The largest absolute Gasteiger partial charge is 0.453 e. The number of rotatable bonds is 3. The Morgan fingerprint density at radius 2 is 2.50 bits per heavy atom. The number of ether oxygens (including phenoxy) is 1. The molecule has 0 aliphatic carbocycles. The molecule has 0 heterocycles. The lowest BCUT2D eigenvalue weighted by Crippen LogP contribution is -2.05. The molecule has 0 aliphatic rings. The van der Waals surface area contributed by atoms with Crippen LogP contribution in [0.25, 0.3) is 5.53 Å². The molecule has 0 N–H and O–H groups in total. The van der Waals surface area contributed by atoms with Gasteiger partial charge in [-0.15, -0.1) is 0 Å². The fourth-order valence-corrected chi connectivity index (χ4v) is 0.311. The minimum Gasteiger partial charge on any atom is -0.453 e. The molecule has 0 unspecified atom stereocenters. The number of hydrogen-bond acceptors (Lipinski definition) is 2. The van der Waals surface area contributed by atoms with Crippen LogP contribution in [-0.2, 0) is 9.53 Å². The van der Waals surface area contributed by atoms with Crippen LogP contribution in [0.3, 0.4) is 0 Å². The van der Waals surface area contributed by atoms with Gasteiger partial charge in [-0.25, -0.2) is 4.79 Å². The molecule has 4 heteroatoms. The first-order chi connectivity index (χ1) is 4.81. The van der Waals surface area contributed by atoms with Crippen molar-refractivity contribution in [3.63, 3.8) is 0 Å². The Morgan fingerprint density at radius 1 is 1.80 bits per heavy atom. The van der Waals surface area contributed by atoms with E-state index in [2.05, 4.69) is 9.53 Å². The second-order valence-corrected chi connectivity index (χ2v) is 1.44. The molecule has 0 atom stereocenters. The molecule has 10 heavy (non-hydrogen) atoms. The maximum absolute atomic E-state index is 10.4. The third kappa shape index (κ3) is 4.74. The first kappa shape index (κ1) is 8.59. The number of carbonyl (C=O) groups is 1. The average Bonchev–Trinajstić information content (AvgIpc) is 1.89. The van der Waals surface area contributed by atoms with Gasteiger partial charge >= 0.3 is 12.2 Å². The topological polar surface area (TPSA) is 62.7 Å². The van der Waals surface area contributed by atoms with Gasteiger partial charge in [-0.1, -0.05) is 12.2 Å². The summed E-state index contributed by atoms with van der Waals surface area (Å²) in [6.45, 7) is 2.02. The van der Waals surface area contributed by atoms with E-state index < -0.39 is 5.97 Å². The minimum absolute atomic E-state index is 0.210. The molecule has 0 bridgehead atoms. The van der Waals surface area contributed by atoms with Gasteiger partial charge < -0.3 is 10.3 Å². The summed E-state index contributed by atoms with van der Waals surface area (Å²) in [5.74, 6) is -0.652. The number of nitrogens with zero attached hydrogens (tertiary/aromatic N) is 2. The zero-order chi connectivity index (χ0) is 7.82. The normalized spacial score (nSPS) is 8.90. The highest BCUT2D eigenvalue weighted by Crippen LogP contribution is 1.75. The molecule has 0 rings (SSSR count). The van der Waals surface area contributed by atoms with Crippen LogP contribution in [0.1, 0.15) is 6.92 Å². The Bertz CT molecular complexity index is 180. The number of carbonyl (C=O) groups excluding carboxylic acids is 1. The Balaban J connectivity index is 3.49. The quantitative estimate of drug-likeness (QED) is 0.187. The first-order valence-electron chi connectivity index (χ1n) is 2.76. The highest BCUT2D eigenvalue weighted by Gasteiger charge is 1.98. The number of allylic oxidation sites excluding steroid dienone is 1. The van der Waals surface area contributed by atoms with E-state index in [1.54, 1.807) is 12.2 Å². The minimum atomic E-state index is -0.652. The smallest absolute Gasteiger partial charge is 0.413 e. The van der Waals surface area contributed by atoms with Crippen molar-refractivity contribution in [1.82, 2.24) is 0 Å². The predicted octanol–water partition coefficient (Wildman–Crippen LogP) is 0.406. The number of hydrogen-bond donors (Lipinski definition) is 0. The van der Waals surface area contributed by atoms with Crippen molar-refractivity contribution in [2.75, 3.05) is 6.61 Å². The second-order valence-electron chi connectivity index (χ2n) is 1.44. The summed E-state index contributed by atoms with van der Waals surface area (Å²) < 4.78 is 4.49. The van der Waals surface area contributed by atoms with Gasteiger partial charge in [-0.2, -0.15) is 4.79 Å². The van der Waals surface area contributed by atoms with E-state index in [-0.39, 0.29) is 6.61 Å². The summed E-state index contributed by atoms with van der Waals surface area (Å²) in [6.07, 6.45) is 4.12. The average molecular weight is 140 g/mol. The highest BCUT2D eigenvalue weighted by molar-refractivity contribution is 6.20. The predicted molar refractivity (Wildman–Crippen MR) is 35.5 cm³/mol. The van der Waals surface area contributed by atoms with Crippen molar-refractivity contribution in [2.24, 2.45) is 0 Å². The molecular formula is C6H8N2O2. The Labute approximate surface area is 58.7 Å². The summed E-state index contributed by atoms with van der Waals surface area (Å²) in [5, 5.41) is 0. The fourth-order valence-electron chi connectivity index (χ4n) is 0.311. The molecular weight excluding hydrogens is 132 g/mol. The van der Waals surface area contributed by atoms with Crippen molar-refractivity contribution in [3.05, 3.63) is 17.7 Å². The fraction of sp³-hybridized carbons (Fsp3) is 0.333. The van der Waals surface area contributed by atoms with Crippen molar-refractivity contribution in [3.8, 4) is 0 Å². The second kappa shape index (κ2) is 5.72. The van der Waals surface area contributed by atoms with E-state index in [1.807, 2.05) is 6.92 Å². The lowest BCUT2D eigenvalue weighted by molar-refractivity contribution is -0.137. The van der Waals surface area contributed by atoms with E-state index in [1.165, 1.54) is 0 Å². The van der Waals surface area contributed by atoms with Crippen LogP contribution in [0.4, 0.5) is 0 Å². The van der Waals surface area contributed by atoms with Crippen LogP contribution in [0.2, 0.25) is 0 Å². The van der Waals surface area contributed by atoms with Crippen LogP contribution in [0, 0.1) is 0 Å². The summed E-state index contributed by atoms with van der Waals surface area (Å²) >= 11 is 0. The molecule has 4 nitrogen and oxygen atoms in total. The molecule has 0 aliphatic heterocycles. The first-order valence-corrected chi connectivity index (χ1v) is 2.76. The maximum atomic E-state index is 10.4. The Hall–Kier alpha value is -1.41. The van der Waals surface area contributed by atoms with Crippen molar-refractivity contribution in [2.45, 2.75) is 6.92 Å². The Kier molecular flexibility index (Phi) is 4.91. The summed E-state index contributed by atoms with van der Waals surface area (Å²) in [5.41, 5.74) is 7.84. The van der Waals surface area contributed by atoms with Gasteiger partial charge in [0.2, 0.25) is 0 Å². The SMILES string of the molecule is C/C=C\COC(=O)C=[N+]=[N-]. The molecule has 0 aromatic rings. The zero-order valence-electron chi connectivity index (χ0n) is 5.65. The van der Waals surface area contributed by atoms with Gasteiger partial charge in [0, 0.05) is 0 Å². The maximum Gasteiger partial charge on any atom is 0.413 e.